The Morgan fingerprint density at radius 3 is 2.42 bits per heavy atom. The predicted octanol–water partition coefficient (Wildman–Crippen LogP) is 0.289. The summed E-state index contributed by atoms with van der Waals surface area (Å²) in [5.41, 5.74) is 5.48. The lowest BCUT2D eigenvalue weighted by Gasteiger charge is -2.18. The van der Waals surface area contributed by atoms with E-state index in [0.717, 1.165) is 6.42 Å². The molecule has 4 N–H and O–H groups in total. The molecule has 0 aliphatic heterocycles. The summed E-state index contributed by atoms with van der Waals surface area (Å²) in [4.78, 5) is 10.9. The van der Waals surface area contributed by atoms with E-state index in [9.17, 15) is 4.79 Å². The molecule has 0 rings (SSSR count). The van der Waals surface area contributed by atoms with Crippen molar-refractivity contribution in [1.82, 2.24) is 10.6 Å². The first-order valence-corrected chi connectivity index (χ1v) is 4.28. The van der Waals surface area contributed by atoms with Crippen molar-refractivity contribution in [3.8, 4) is 0 Å². The minimum Gasteiger partial charge on any atom is -0.341 e. The second kappa shape index (κ2) is 5.83. The SMILES string of the molecule is CNC(=O)NC(CN)CC(C)C. The molecule has 0 aliphatic carbocycles. The zero-order valence-corrected chi connectivity index (χ0v) is 8.05. The Balaban J connectivity index is 3.74. The summed E-state index contributed by atoms with van der Waals surface area (Å²) in [6, 6.07) is -0.0731. The van der Waals surface area contributed by atoms with Crippen LogP contribution in [0.25, 0.3) is 0 Å². The molecule has 0 bridgehead atoms. The van der Waals surface area contributed by atoms with Crippen LogP contribution in [0.15, 0.2) is 0 Å². The fourth-order valence-electron chi connectivity index (χ4n) is 1.04. The Hall–Kier alpha value is -0.770. The van der Waals surface area contributed by atoms with Gasteiger partial charge < -0.3 is 16.4 Å². The van der Waals surface area contributed by atoms with Gasteiger partial charge in [0.2, 0.25) is 0 Å². The highest BCUT2D eigenvalue weighted by atomic mass is 16.2. The molecular weight excluding hydrogens is 154 g/mol. The third kappa shape index (κ3) is 4.96. The summed E-state index contributed by atoms with van der Waals surface area (Å²) in [6.45, 7) is 4.70. The van der Waals surface area contributed by atoms with Crippen LogP contribution in [0.3, 0.4) is 0 Å². The predicted molar refractivity (Wildman–Crippen MR) is 49.9 cm³/mol. The summed E-state index contributed by atoms with van der Waals surface area (Å²) >= 11 is 0. The van der Waals surface area contributed by atoms with Gasteiger partial charge in [0, 0.05) is 19.6 Å². The molecule has 0 aromatic heterocycles. The highest BCUT2D eigenvalue weighted by Gasteiger charge is 2.10. The molecule has 0 heterocycles. The van der Waals surface area contributed by atoms with Crippen molar-refractivity contribution in [2.75, 3.05) is 13.6 Å². The Labute approximate surface area is 73.9 Å². The van der Waals surface area contributed by atoms with Gasteiger partial charge in [-0.15, -0.1) is 0 Å². The maximum absolute atomic E-state index is 10.9. The number of nitrogens with two attached hydrogens (primary N) is 1. The van der Waals surface area contributed by atoms with Crippen molar-refractivity contribution in [2.45, 2.75) is 26.3 Å². The van der Waals surface area contributed by atoms with Gasteiger partial charge >= 0.3 is 6.03 Å². The number of rotatable bonds is 4. The number of carbonyl (C=O) groups is 1. The van der Waals surface area contributed by atoms with Gasteiger partial charge in [0.15, 0.2) is 0 Å². The molecule has 4 heteroatoms. The highest BCUT2D eigenvalue weighted by molar-refractivity contribution is 5.73. The van der Waals surface area contributed by atoms with Crippen LogP contribution in [0, 0.1) is 5.92 Å². The van der Waals surface area contributed by atoms with Crippen LogP contribution in [0.4, 0.5) is 4.79 Å². The Bertz CT molecular complexity index is 136. The number of hydrogen-bond acceptors (Lipinski definition) is 2. The average molecular weight is 173 g/mol. The standard InChI is InChI=1S/C8H19N3O/c1-6(2)4-7(5-9)11-8(12)10-3/h6-7H,4-5,9H2,1-3H3,(H2,10,11,12). The quantitative estimate of drug-likeness (QED) is 0.572. The molecule has 0 fully saturated rings. The smallest absolute Gasteiger partial charge is 0.314 e. The van der Waals surface area contributed by atoms with E-state index in [-0.39, 0.29) is 12.1 Å². The molecule has 0 saturated heterocycles. The molecule has 12 heavy (non-hydrogen) atoms. The van der Waals surface area contributed by atoms with E-state index >= 15 is 0 Å². The van der Waals surface area contributed by atoms with Gasteiger partial charge in [0.25, 0.3) is 0 Å². The number of nitrogens with one attached hydrogen (secondary N) is 2. The van der Waals surface area contributed by atoms with Crippen molar-refractivity contribution < 1.29 is 4.79 Å². The van der Waals surface area contributed by atoms with Crippen LogP contribution in [0.5, 0.6) is 0 Å². The zero-order valence-electron chi connectivity index (χ0n) is 8.05. The number of carbonyl (C=O) groups excluding carboxylic acids is 1. The lowest BCUT2D eigenvalue weighted by Crippen LogP contribution is -2.44. The van der Waals surface area contributed by atoms with Gasteiger partial charge in [0.05, 0.1) is 0 Å². The third-order valence-corrected chi connectivity index (χ3v) is 1.60. The molecule has 0 radical (unpaired) electrons. The maximum Gasteiger partial charge on any atom is 0.314 e. The van der Waals surface area contributed by atoms with Crippen molar-refractivity contribution in [3.05, 3.63) is 0 Å². The van der Waals surface area contributed by atoms with Gasteiger partial charge in [-0.05, 0) is 12.3 Å². The molecule has 4 nitrogen and oxygen atoms in total. The summed E-state index contributed by atoms with van der Waals surface area (Å²) in [6.07, 6.45) is 0.921. The first-order valence-electron chi connectivity index (χ1n) is 4.28. The Morgan fingerprint density at radius 1 is 1.50 bits per heavy atom. The van der Waals surface area contributed by atoms with Gasteiger partial charge in [-0.1, -0.05) is 13.8 Å². The number of amides is 2. The first-order chi connectivity index (χ1) is 5.60. The van der Waals surface area contributed by atoms with E-state index in [2.05, 4.69) is 24.5 Å². The van der Waals surface area contributed by atoms with Gasteiger partial charge in [-0.3, -0.25) is 0 Å². The first kappa shape index (κ1) is 11.2. The molecule has 0 aromatic carbocycles. The Kier molecular flexibility index (Phi) is 5.45. The maximum atomic E-state index is 10.9. The molecule has 1 atom stereocenters. The fourth-order valence-corrected chi connectivity index (χ4v) is 1.04. The van der Waals surface area contributed by atoms with Crippen LogP contribution in [0.2, 0.25) is 0 Å². The molecule has 0 aromatic rings. The minimum absolute atomic E-state index is 0.0879. The monoisotopic (exact) mass is 173 g/mol. The van der Waals surface area contributed by atoms with E-state index in [1.165, 1.54) is 0 Å². The van der Waals surface area contributed by atoms with Crippen LogP contribution >= 0.6 is 0 Å². The third-order valence-electron chi connectivity index (χ3n) is 1.60. The van der Waals surface area contributed by atoms with Crippen LogP contribution in [0.1, 0.15) is 20.3 Å². The molecule has 1 unspecified atom stereocenters. The second-order valence-corrected chi connectivity index (χ2v) is 3.29. The van der Waals surface area contributed by atoms with Crippen LogP contribution < -0.4 is 16.4 Å². The van der Waals surface area contributed by atoms with Gasteiger partial charge in [0.1, 0.15) is 0 Å². The van der Waals surface area contributed by atoms with Crippen molar-refractivity contribution in [1.29, 1.82) is 0 Å². The van der Waals surface area contributed by atoms with Crippen LogP contribution in [-0.2, 0) is 0 Å². The van der Waals surface area contributed by atoms with Crippen molar-refractivity contribution in [3.63, 3.8) is 0 Å². The van der Waals surface area contributed by atoms with Crippen LogP contribution in [-0.4, -0.2) is 25.7 Å². The zero-order chi connectivity index (χ0) is 9.56. The lowest BCUT2D eigenvalue weighted by molar-refractivity contribution is 0.237. The normalized spacial score (nSPS) is 12.8. The summed E-state index contributed by atoms with van der Waals surface area (Å²) < 4.78 is 0. The second-order valence-electron chi connectivity index (χ2n) is 3.29. The molecule has 0 aliphatic rings. The molecular formula is C8H19N3O. The number of urea groups is 1. The van der Waals surface area contributed by atoms with Gasteiger partial charge in [-0.25, -0.2) is 4.79 Å². The highest BCUT2D eigenvalue weighted by Crippen LogP contribution is 2.02. The summed E-state index contributed by atoms with van der Waals surface area (Å²) in [5, 5.41) is 5.27. The largest absolute Gasteiger partial charge is 0.341 e. The molecule has 72 valence electrons. The summed E-state index contributed by atoms with van der Waals surface area (Å²) in [7, 11) is 1.60. The fraction of sp³-hybridized carbons (Fsp3) is 0.875. The van der Waals surface area contributed by atoms with Crippen molar-refractivity contribution >= 4 is 6.03 Å². The molecule has 2 amide bonds. The average Bonchev–Trinajstić information content (AvgIpc) is 2.02. The van der Waals surface area contributed by atoms with E-state index < -0.39 is 0 Å². The molecule has 0 saturated carbocycles. The van der Waals surface area contributed by atoms with E-state index in [1.54, 1.807) is 7.05 Å². The topological polar surface area (TPSA) is 67.2 Å². The van der Waals surface area contributed by atoms with Crippen molar-refractivity contribution in [2.24, 2.45) is 11.7 Å². The lowest BCUT2D eigenvalue weighted by atomic mass is 10.0. The van der Waals surface area contributed by atoms with E-state index in [0.29, 0.717) is 12.5 Å². The Morgan fingerprint density at radius 2 is 2.08 bits per heavy atom. The minimum atomic E-state index is -0.161. The number of hydrogen-bond donors (Lipinski definition) is 3. The van der Waals surface area contributed by atoms with E-state index in [4.69, 9.17) is 5.73 Å². The molecule has 0 spiro atoms. The summed E-state index contributed by atoms with van der Waals surface area (Å²) in [5.74, 6) is 0.552. The van der Waals surface area contributed by atoms with Gasteiger partial charge in [-0.2, -0.15) is 0 Å². The van der Waals surface area contributed by atoms with E-state index in [1.807, 2.05) is 0 Å².